The van der Waals surface area contributed by atoms with Crippen molar-refractivity contribution < 1.29 is 14.3 Å². The third-order valence-electron chi connectivity index (χ3n) is 2.22. The van der Waals surface area contributed by atoms with Crippen LogP contribution in [0.15, 0.2) is 0 Å². The van der Waals surface area contributed by atoms with Crippen LogP contribution < -0.4 is 0 Å². The zero-order valence-corrected chi connectivity index (χ0v) is 8.42. The Bertz CT molecular complexity index is 225. The molecule has 3 nitrogen and oxygen atoms in total. The molecule has 0 aromatic carbocycles. The van der Waals surface area contributed by atoms with Crippen molar-refractivity contribution in [3.8, 4) is 0 Å². The normalized spacial score (nSPS) is 24.5. The van der Waals surface area contributed by atoms with E-state index in [-0.39, 0.29) is 18.2 Å². The van der Waals surface area contributed by atoms with Gasteiger partial charge in [-0.3, -0.25) is 9.59 Å². The van der Waals surface area contributed by atoms with Gasteiger partial charge in [0.1, 0.15) is 11.7 Å². The number of ether oxygens (including phenoxy) is 1. The average molecular weight is 184 g/mol. The van der Waals surface area contributed by atoms with Gasteiger partial charge in [0.05, 0.1) is 13.2 Å². The van der Waals surface area contributed by atoms with Crippen molar-refractivity contribution in [3.05, 3.63) is 0 Å². The lowest BCUT2D eigenvalue weighted by Crippen LogP contribution is -2.39. The van der Waals surface area contributed by atoms with Crippen LogP contribution in [0.25, 0.3) is 0 Å². The second kappa shape index (κ2) is 3.58. The number of rotatable bonds is 1. The van der Waals surface area contributed by atoms with E-state index in [2.05, 4.69) is 0 Å². The lowest BCUT2D eigenvalue weighted by Gasteiger charge is -2.26. The summed E-state index contributed by atoms with van der Waals surface area (Å²) >= 11 is 0. The predicted octanol–water partition coefficient (Wildman–Crippen LogP) is 1.21. The second-order valence-electron chi connectivity index (χ2n) is 4.46. The minimum absolute atomic E-state index is 0.00259. The van der Waals surface area contributed by atoms with Gasteiger partial charge in [0.25, 0.3) is 0 Å². The minimum atomic E-state index is -0.520. The monoisotopic (exact) mass is 184 g/mol. The molecule has 1 aliphatic rings. The summed E-state index contributed by atoms with van der Waals surface area (Å²) in [6.45, 7) is 6.23. The summed E-state index contributed by atoms with van der Waals surface area (Å²) in [7, 11) is 0. The maximum Gasteiger partial charge on any atom is 0.150 e. The van der Waals surface area contributed by atoms with Gasteiger partial charge in [-0.1, -0.05) is 20.8 Å². The minimum Gasteiger partial charge on any atom is -0.380 e. The van der Waals surface area contributed by atoms with E-state index >= 15 is 0 Å². The Morgan fingerprint density at radius 3 is 2.54 bits per heavy atom. The predicted molar refractivity (Wildman–Crippen MR) is 48.4 cm³/mol. The molecule has 1 rings (SSSR count). The number of carbonyl (C=O) groups excluding carboxylic acids is 2. The van der Waals surface area contributed by atoms with Gasteiger partial charge < -0.3 is 4.74 Å². The quantitative estimate of drug-likeness (QED) is 0.575. The summed E-state index contributed by atoms with van der Waals surface area (Å²) in [5, 5.41) is 0. The lowest BCUT2D eigenvalue weighted by atomic mass is 9.80. The van der Waals surface area contributed by atoms with Gasteiger partial charge in [-0.2, -0.15) is 0 Å². The standard InChI is InChI=1S/C10H16O3/c1-10(2,3)9(12)7-6-13-5-4-8(7)11/h7H,4-6H2,1-3H3. The van der Waals surface area contributed by atoms with Crippen LogP contribution >= 0.6 is 0 Å². The summed E-state index contributed by atoms with van der Waals surface area (Å²) < 4.78 is 5.13. The molecule has 13 heavy (non-hydrogen) atoms. The Labute approximate surface area is 78.5 Å². The fourth-order valence-electron chi connectivity index (χ4n) is 1.39. The zero-order valence-electron chi connectivity index (χ0n) is 8.42. The van der Waals surface area contributed by atoms with Crippen LogP contribution in [-0.2, 0) is 14.3 Å². The summed E-state index contributed by atoms with van der Waals surface area (Å²) in [6, 6.07) is 0. The number of ketones is 2. The highest BCUT2D eigenvalue weighted by Crippen LogP contribution is 2.23. The van der Waals surface area contributed by atoms with E-state index in [0.29, 0.717) is 13.0 Å². The van der Waals surface area contributed by atoms with E-state index in [1.807, 2.05) is 20.8 Å². The average Bonchev–Trinajstić information content (AvgIpc) is 2.02. The largest absolute Gasteiger partial charge is 0.380 e. The van der Waals surface area contributed by atoms with E-state index in [4.69, 9.17) is 4.74 Å². The van der Waals surface area contributed by atoms with Crippen LogP contribution in [0.4, 0.5) is 0 Å². The van der Waals surface area contributed by atoms with Crippen molar-refractivity contribution in [1.82, 2.24) is 0 Å². The molecule has 0 bridgehead atoms. The first-order chi connectivity index (χ1) is 5.93. The van der Waals surface area contributed by atoms with E-state index in [9.17, 15) is 9.59 Å². The maximum absolute atomic E-state index is 11.7. The summed E-state index contributed by atoms with van der Waals surface area (Å²) in [5.41, 5.74) is -0.443. The molecule has 1 atom stereocenters. The van der Waals surface area contributed by atoms with Crippen LogP contribution in [0.1, 0.15) is 27.2 Å². The molecule has 0 aromatic rings. The molecule has 0 radical (unpaired) electrons. The highest BCUT2D eigenvalue weighted by molar-refractivity contribution is 6.04. The molecule has 1 heterocycles. The molecule has 0 amide bonds. The zero-order chi connectivity index (χ0) is 10.1. The SMILES string of the molecule is CC(C)(C)C(=O)C1COCCC1=O. The van der Waals surface area contributed by atoms with Crippen molar-refractivity contribution in [2.75, 3.05) is 13.2 Å². The second-order valence-corrected chi connectivity index (χ2v) is 4.46. The number of hydrogen-bond donors (Lipinski definition) is 0. The first-order valence-corrected chi connectivity index (χ1v) is 4.57. The lowest BCUT2D eigenvalue weighted by molar-refractivity contribution is -0.144. The molecule has 1 unspecified atom stereocenters. The van der Waals surface area contributed by atoms with E-state index in [0.717, 1.165) is 0 Å². The molecule has 0 spiro atoms. The molecule has 0 N–H and O–H groups in total. The summed E-state index contributed by atoms with van der Waals surface area (Å²) in [6.07, 6.45) is 0.381. The van der Waals surface area contributed by atoms with Gasteiger partial charge in [-0.15, -0.1) is 0 Å². The molecule has 0 aliphatic carbocycles. The van der Waals surface area contributed by atoms with Gasteiger partial charge in [0, 0.05) is 11.8 Å². The highest BCUT2D eigenvalue weighted by atomic mass is 16.5. The van der Waals surface area contributed by atoms with Crippen molar-refractivity contribution in [2.45, 2.75) is 27.2 Å². The number of hydrogen-bond acceptors (Lipinski definition) is 3. The van der Waals surface area contributed by atoms with Gasteiger partial charge in [0.2, 0.25) is 0 Å². The smallest absolute Gasteiger partial charge is 0.150 e. The maximum atomic E-state index is 11.7. The molecule has 0 aromatic heterocycles. The third-order valence-corrected chi connectivity index (χ3v) is 2.22. The van der Waals surface area contributed by atoms with Gasteiger partial charge >= 0.3 is 0 Å². The molecular formula is C10H16O3. The van der Waals surface area contributed by atoms with Crippen LogP contribution in [0.3, 0.4) is 0 Å². The van der Waals surface area contributed by atoms with E-state index in [1.54, 1.807) is 0 Å². The van der Waals surface area contributed by atoms with Crippen molar-refractivity contribution in [2.24, 2.45) is 11.3 Å². The molecule has 1 fully saturated rings. The highest BCUT2D eigenvalue weighted by Gasteiger charge is 2.35. The molecular weight excluding hydrogens is 168 g/mol. The molecule has 1 aliphatic heterocycles. The Morgan fingerprint density at radius 2 is 2.08 bits per heavy atom. The Morgan fingerprint density at radius 1 is 1.46 bits per heavy atom. The van der Waals surface area contributed by atoms with E-state index in [1.165, 1.54) is 0 Å². The van der Waals surface area contributed by atoms with Crippen LogP contribution in [0.5, 0.6) is 0 Å². The van der Waals surface area contributed by atoms with Crippen molar-refractivity contribution in [1.29, 1.82) is 0 Å². The molecule has 0 saturated carbocycles. The van der Waals surface area contributed by atoms with Crippen LogP contribution in [0.2, 0.25) is 0 Å². The fraction of sp³-hybridized carbons (Fsp3) is 0.800. The third kappa shape index (κ3) is 2.37. The van der Waals surface area contributed by atoms with Crippen molar-refractivity contribution >= 4 is 11.6 Å². The fourth-order valence-corrected chi connectivity index (χ4v) is 1.39. The van der Waals surface area contributed by atoms with Crippen LogP contribution in [0, 0.1) is 11.3 Å². The van der Waals surface area contributed by atoms with Gasteiger partial charge in [0.15, 0.2) is 5.78 Å². The summed E-state index contributed by atoms with van der Waals surface area (Å²) in [4.78, 5) is 23.1. The first-order valence-electron chi connectivity index (χ1n) is 4.57. The van der Waals surface area contributed by atoms with Gasteiger partial charge in [-0.25, -0.2) is 0 Å². The number of Topliss-reactive ketones (excluding diaryl/α,β-unsaturated/α-hetero) is 2. The Kier molecular flexibility index (Phi) is 2.86. The molecule has 3 heteroatoms. The van der Waals surface area contributed by atoms with E-state index < -0.39 is 11.3 Å². The first kappa shape index (κ1) is 10.4. The topological polar surface area (TPSA) is 43.4 Å². The molecule has 1 saturated heterocycles. The Balaban J connectivity index is 2.70. The van der Waals surface area contributed by atoms with Crippen LogP contribution in [-0.4, -0.2) is 24.8 Å². The molecule has 74 valence electrons. The Hall–Kier alpha value is -0.700. The van der Waals surface area contributed by atoms with Crippen molar-refractivity contribution in [3.63, 3.8) is 0 Å². The van der Waals surface area contributed by atoms with Gasteiger partial charge in [-0.05, 0) is 0 Å². The number of carbonyl (C=O) groups is 2. The summed E-state index contributed by atoms with van der Waals surface area (Å²) in [5.74, 6) is -0.489.